The van der Waals surface area contributed by atoms with Crippen molar-refractivity contribution in [2.24, 2.45) is 0 Å². The van der Waals surface area contributed by atoms with E-state index in [-0.39, 0.29) is 23.9 Å². The Balaban J connectivity index is 1.35. The topological polar surface area (TPSA) is 75.4 Å². The van der Waals surface area contributed by atoms with E-state index in [1.54, 1.807) is 12.3 Å². The Kier molecular flexibility index (Phi) is 6.51. The van der Waals surface area contributed by atoms with E-state index in [0.29, 0.717) is 32.4 Å². The molecule has 1 aliphatic rings. The third kappa shape index (κ3) is 5.14. The zero-order chi connectivity index (χ0) is 22.6. The minimum absolute atomic E-state index is 0.103. The molecule has 0 radical (unpaired) electrons. The molecular formula is C26H29N3O3. The first kappa shape index (κ1) is 22.0. The van der Waals surface area contributed by atoms with Crippen LogP contribution in [-0.4, -0.2) is 44.4 Å². The monoisotopic (exact) mass is 431 g/mol. The summed E-state index contributed by atoms with van der Waals surface area (Å²) in [6.45, 7) is 3.15. The number of carbonyl (C=O) groups excluding carboxylic acids is 1. The van der Waals surface area contributed by atoms with Gasteiger partial charge in [0.05, 0.1) is 18.3 Å². The molecule has 0 bridgehead atoms. The number of carbonyl (C=O) groups is 1. The van der Waals surface area contributed by atoms with Crippen LogP contribution in [0.5, 0.6) is 0 Å². The van der Waals surface area contributed by atoms with E-state index in [1.807, 2.05) is 65.6 Å². The number of likely N-dealkylation sites (tertiary alicyclic amines) is 1. The van der Waals surface area contributed by atoms with Crippen LogP contribution < -0.4 is 5.56 Å². The molecule has 1 aliphatic heterocycles. The lowest BCUT2D eigenvalue weighted by atomic mass is 9.90. The first-order valence-corrected chi connectivity index (χ1v) is 11.1. The zero-order valence-electron chi connectivity index (χ0n) is 18.4. The van der Waals surface area contributed by atoms with E-state index in [4.69, 9.17) is 0 Å². The lowest BCUT2D eigenvalue weighted by molar-refractivity contribution is -0.136. The highest BCUT2D eigenvalue weighted by Crippen LogP contribution is 2.26. The van der Waals surface area contributed by atoms with Gasteiger partial charge in [-0.15, -0.1) is 0 Å². The molecule has 2 aromatic carbocycles. The minimum Gasteiger partial charge on any atom is -0.388 e. The standard InChI is InChI=1S/C26H29N3O3/c1-20(21-8-4-2-5-9-21)16-24(30)28-14-12-26(32,13-15-28)19-29-25(31)17-23(18-27-29)22-10-6-3-7-11-22/h2-11,17-18,20,32H,12-16,19H2,1H3/t20-/m1/s1. The second-order valence-electron chi connectivity index (χ2n) is 8.73. The largest absolute Gasteiger partial charge is 0.388 e. The molecule has 0 saturated carbocycles. The first-order valence-electron chi connectivity index (χ1n) is 11.1. The molecule has 32 heavy (non-hydrogen) atoms. The van der Waals surface area contributed by atoms with Gasteiger partial charge in [0.15, 0.2) is 0 Å². The normalized spacial score (nSPS) is 16.5. The molecule has 4 rings (SSSR count). The summed E-state index contributed by atoms with van der Waals surface area (Å²) >= 11 is 0. The number of piperidine rings is 1. The summed E-state index contributed by atoms with van der Waals surface area (Å²) < 4.78 is 1.32. The van der Waals surface area contributed by atoms with Crippen LogP contribution >= 0.6 is 0 Å². The van der Waals surface area contributed by atoms with Crippen molar-refractivity contribution in [3.63, 3.8) is 0 Å². The average Bonchev–Trinajstić information content (AvgIpc) is 2.82. The molecule has 6 heteroatoms. The highest BCUT2D eigenvalue weighted by atomic mass is 16.3. The van der Waals surface area contributed by atoms with E-state index in [9.17, 15) is 14.7 Å². The molecule has 1 atom stereocenters. The van der Waals surface area contributed by atoms with Gasteiger partial charge in [0.1, 0.15) is 0 Å². The summed E-state index contributed by atoms with van der Waals surface area (Å²) in [7, 11) is 0. The van der Waals surface area contributed by atoms with Crippen molar-refractivity contribution in [3.8, 4) is 11.1 Å². The SMILES string of the molecule is C[C@H](CC(=O)N1CCC(O)(Cn2ncc(-c3ccccc3)cc2=O)CC1)c1ccccc1. The number of rotatable bonds is 6. The Hall–Kier alpha value is -3.25. The summed E-state index contributed by atoms with van der Waals surface area (Å²) in [5.74, 6) is 0.251. The maximum absolute atomic E-state index is 12.8. The Morgan fingerprint density at radius 2 is 1.66 bits per heavy atom. The van der Waals surface area contributed by atoms with Crippen molar-refractivity contribution < 1.29 is 9.90 Å². The van der Waals surface area contributed by atoms with Crippen LogP contribution in [0.25, 0.3) is 11.1 Å². The molecule has 3 aromatic rings. The van der Waals surface area contributed by atoms with Gasteiger partial charge in [0.25, 0.3) is 5.56 Å². The summed E-state index contributed by atoms with van der Waals surface area (Å²) in [6.07, 6.45) is 2.95. The van der Waals surface area contributed by atoms with Gasteiger partial charge < -0.3 is 10.0 Å². The van der Waals surface area contributed by atoms with Gasteiger partial charge in [0.2, 0.25) is 5.91 Å². The second kappa shape index (κ2) is 9.49. The molecule has 2 heterocycles. The van der Waals surface area contributed by atoms with Crippen molar-refractivity contribution in [1.29, 1.82) is 0 Å². The van der Waals surface area contributed by atoms with E-state index in [0.717, 1.165) is 16.7 Å². The lowest BCUT2D eigenvalue weighted by Crippen LogP contribution is -2.50. The van der Waals surface area contributed by atoms with Crippen LogP contribution in [0, 0.1) is 0 Å². The molecule has 1 saturated heterocycles. The fourth-order valence-electron chi connectivity index (χ4n) is 4.24. The Morgan fingerprint density at radius 3 is 2.28 bits per heavy atom. The molecule has 6 nitrogen and oxygen atoms in total. The maximum atomic E-state index is 12.8. The number of hydrogen-bond acceptors (Lipinski definition) is 4. The van der Waals surface area contributed by atoms with Gasteiger partial charge in [-0.2, -0.15) is 5.10 Å². The van der Waals surface area contributed by atoms with Crippen molar-refractivity contribution in [2.75, 3.05) is 13.1 Å². The van der Waals surface area contributed by atoms with Gasteiger partial charge in [-0.3, -0.25) is 9.59 Å². The number of nitrogens with zero attached hydrogens (tertiary/aromatic N) is 3. The molecule has 0 unspecified atom stereocenters. The number of benzene rings is 2. The third-order valence-corrected chi connectivity index (χ3v) is 6.32. The molecule has 0 aliphatic carbocycles. The third-order valence-electron chi connectivity index (χ3n) is 6.32. The molecular weight excluding hydrogens is 402 g/mol. The van der Waals surface area contributed by atoms with Gasteiger partial charge in [-0.05, 0) is 29.9 Å². The lowest BCUT2D eigenvalue weighted by Gasteiger charge is -2.38. The molecule has 1 N–H and O–H groups in total. The quantitative estimate of drug-likeness (QED) is 0.649. The molecule has 1 amide bonds. The molecule has 0 spiro atoms. The first-order chi connectivity index (χ1) is 15.4. The van der Waals surface area contributed by atoms with E-state index in [1.165, 1.54) is 4.68 Å². The Morgan fingerprint density at radius 1 is 1.03 bits per heavy atom. The fraction of sp³-hybridized carbons (Fsp3) is 0.346. The van der Waals surface area contributed by atoms with E-state index in [2.05, 4.69) is 12.0 Å². The van der Waals surface area contributed by atoms with Gasteiger partial charge in [0, 0.05) is 31.1 Å². The van der Waals surface area contributed by atoms with E-state index >= 15 is 0 Å². The van der Waals surface area contributed by atoms with Crippen molar-refractivity contribution in [3.05, 3.63) is 88.8 Å². The predicted molar refractivity (Wildman–Crippen MR) is 124 cm³/mol. The Labute approximate surface area is 188 Å². The number of amides is 1. The van der Waals surface area contributed by atoms with Crippen LogP contribution in [0.1, 0.15) is 37.7 Å². The van der Waals surface area contributed by atoms with Crippen molar-refractivity contribution in [1.82, 2.24) is 14.7 Å². The average molecular weight is 432 g/mol. The van der Waals surface area contributed by atoms with Crippen LogP contribution in [-0.2, 0) is 11.3 Å². The predicted octanol–water partition coefficient (Wildman–Crippen LogP) is 3.46. The van der Waals surface area contributed by atoms with Crippen molar-refractivity contribution >= 4 is 5.91 Å². The number of aliphatic hydroxyl groups is 1. The Bertz CT molecular complexity index is 1100. The summed E-state index contributed by atoms with van der Waals surface area (Å²) in [6, 6.07) is 21.2. The maximum Gasteiger partial charge on any atom is 0.267 e. The van der Waals surface area contributed by atoms with Crippen LogP contribution in [0.15, 0.2) is 77.7 Å². The highest BCUT2D eigenvalue weighted by Gasteiger charge is 2.35. The number of hydrogen-bond donors (Lipinski definition) is 1. The summed E-state index contributed by atoms with van der Waals surface area (Å²) in [5.41, 5.74) is 1.55. The van der Waals surface area contributed by atoms with Crippen LogP contribution in [0.2, 0.25) is 0 Å². The minimum atomic E-state index is -1.05. The van der Waals surface area contributed by atoms with Gasteiger partial charge in [-0.25, -0.2) is 4.68 Å². The second-order valence-corrected chi connectivity index (χ2v) is 8.73. The summed E-state index contributed by atoms with van der Waals surface area (Å²) in [5, 5.41) is 15.3. The fourth-order valence-corrected chi connectivity index (χ4v) is 4.24. The highest BCUT2D eigenvalue weighted by molar-refractivity contribution is 5.77. The zero-order valence-corrected chi connectivity index (χ0v) is 18.4. The molecule has 1 fully saturated rings. The van der Waals surface area contributed by atoms with Crippen LogP contribution in [0.3, 0.4) is 0 Å². The number of aromatic nitrogens is 2. The van der Waals surface area contributed by atoms with Crippen LogP contribution in [0.4, 0.5) is 0 Å². The smallest absolute Gasteiger partial charge is 0.267 e. The summed E-state index contributed by atoms with van der Waals surface area (Å²) in [4.78, 5) is 27.2. The van der Waals surface area contributed by atoms with Gasteiger partial charge in [-0.1, -0.05) is 67.6 Å². The molecule has 166 valence electrons. The van der Waals surface area contributed by atoms with E-state index < -0.39 is 5.60 Å². The van der Waals surface area contributed by atoms with Gasteiger partial charge >= 0.3 is 0 Å². The van der Waals surface area contributed by atoms with Crippen molar-refractivity contribution in [2.45, 2.75) is 44.2 Å². The molecule has 1 aromatic heterocycles.